The highest BCUT2D eigenvalue weighted by Gasteiger charge is 2.32. The van der Waals surface area contributed by atoms with Crippen molar-refractivity contribution in [3.05, 3.63) is 18.0 Å². The highest BCUT2D eigenvalue weighted by Crippen LogP contribution is 2.35. The summed E-state index contributed by atoms with van der Waals surface area (Å²) >= 11 is 0. The Bertz CT molecular complexity index is 321. The molecule has 15 heavy (non-hydrogen) atoms. The first-order valence-electron chi connectivity index (χ1n) is 5.92. The molecule has 0 bridgehead atoms. The van der Waals surface area contributed by atoms with Crippen molar-refractivity contribution in [3.8, 4) is 0 Å². The first-order chi connectivity index (χ1) is 7.10. The zero-order valence-electron chi connectivity index (χ0n) is 9.74. The molecule has 1 heterocycles. The third kappa shape index (κ3) is 2.23. The lowest BCUT2D eigenvalue weighted by atomic mass is 9.92. The Hall–Kier alpha value is -0.830. The number of nitrogens with two attached hydrogens (primary N) is 1. The van der Waals surface area contributed by atoms with Gasteiger partial charge in [0.2, 0.25) is 0 Å². The first-order valence-corrected chi connectivity index (χ1v) is 5.92. The molecule has 0 aromatic carbocycles. The van der Waals surface area contributed by atoms with Crippen LogP contribution in [0.2, 0.25) is 0 Å². The van der Waals surface area contributed by atoms with Gasteiger partial charge in [-0.25, -0.2) is 0 Å². The van der Waals surface area contributed by atoms with Crippen LogP contribution in [0.15, 0.2) is 12.4 Å². The fraction of sp³-hybridized carbons (Fsp3) is 0.750. The van der Waals surface area contributed by atoms with Gasteiger partial charge in [-0.3, -0.25) is 4.68 Å². The Morgan fingerprint density at radius 1 is 1.47 bits per heavy atom. The highest BCUT2D eigenvalue weighted by molar-refractivity contribution is 5.18. The summed E-state index contributed by atoms with van der Waals surface area (Å²) < 4.78 is 2.02. The van der Waals surface area contributed by atoms with E-state index in [1.54, 1.807) is 0 Å². The molecule has 0 spiro atoms. The summed E-state index contributed by atoms with van der Waals surface area (Å²) in [5.41, 5.74) is 7.51. The van der Waals surface area contributed by atoms with Crippen molar-refractivity contribution < 1.29 is 0 Å². The fourth-order valence-electron chi connectivity index (χ4n) is 2.39. The summed E-state index contributed by atoms with van der Waals surface area (Å²) in [6.07, 6.45) is 8.82. The number of nitrogens with zero attached hydrogens (tertiary/aromatic N) is 2. The van der Waals surface area contributed by atoms with Crippen LogP contribution in [0.3, 0.4) is 0 Å². The van der Waals surface area contributed by atoms with E-state index in [1.165, 1.54) is 18.4 Å². The molecular weight excluding hydrogens is 186 g/mol. The third-order valence-corrected chi connectivity index (χ3v) is 3.26. The summed E-state index contributed by atoms with van der Waals surface area (Å²) in [7, 11) is 0. The Morgan fingerprint density at radius 2 is 2.13 bits per heavy atom. The van der Waals surface area contributed by atoms with E-state index in [2.05, 4.69) is 25.1 Å². The number of hydrogen-bond donors (Lipinski definition) is 1. The van der Waals surface area contributed by atoms with Crippen LogP contribution in [0.1, 0.15) is 45.1 Å². The predicted molar refractivity (Wildman–Crippen MR) is 61.4 cm³/mol. The van der Waals surface area contributed by atoms with Crippen molar-refractivity contribution in [2.24, 2.45) is 11.7 Å². The van der Waals surface area contributed by atoms with Crippen molar-refractivity contribution in [3.63, 3.8) is 0 Å². The molecule has 0 unspecified atom stereocenters. The van der Waals surface area contributed by atoms with Gasteiger partial charge in [0.15, 0.2) is 0 Å². The second-order valence-corrected chi connectivity index (χ2v) is 5.21. The van der Waals surface area contributed by atoms with Crippen LogP contribution in [-0.2, 0) is 12.1 Å². The molecule has 0 saturated heterocycles. The SMILES string of the molecule is CC(C)Cn1cc(C2(N)CCCC2)cn1. The average Bonchev–Trinajstić information content (AvgIpc) is 2.74. The molecule has 84 valence electrons. The highest BCUT2D eigenvalue weighted by atomic mass is 15.3. The van der Waals surface area contributed by atoms with E-state index in [-0.39, 0.29) is 5.54 Å². The van der Waals surface area contributed by atoms with Crippen LogP contribution in [-0.4, -0.2) is 9.78 Å². The molecule has 1 aromatic rings. The van der Waals surface area contributed by atoms with Gasteiger partial charge in [-0.05, 0) is 18.8 Å². The molecule has 0 radical (unpaired) electrons. The maximum Gasteiger partial charge on any atom is 0.0540 e. The molecule has 1 aliphatic rings. The summed E-state index contributed by atoms with van der Waals surface area (Å²) in [5, 5.41) is 4.38. The third-order valence-electron chi connectivity index (χ3n) is 3.26. The Labute approximate surface area is 91.7 Å². The van der Waals surface area contributed by atoms with E-state index in [0.29, 0.717) is 5.92 Å². The van der Waals surface area contributed by atoms with Gasteiger partial charge in [0.25, 0.3) is 0 Å². The second-order valence-electron chi connectivity index (χ2n) is 5.21. The summed E-state index contributed by atoms with van der Waals surface area (Å²) in [4.78, 5) is 0. The largest absolute Gasteiger partial charge is 0.321 e. The van der Waals surface area contributed by atoms with Crippen LogP contribution in [0.5, 0.6) is 0 Å². The van der Waals surface area contributed by atoms with E-state index >= 15 is 0 Å². The molecule has 1 aliphatic carbocycles. The van der Waals surface area contributed by atoms with Gasteiger partial charge < -0.3 is 5.73 Å². The minimum absolute atomic E-state index is 0.0881. The van der Waals surface area contributed by atoms with E-state index < -0.39 is 0 Å². The Morgan fingerprint density at radius 3 is 2.73 bits per heavy atom. The molecule has 3 heteroatoms. The van der Waals surface area contributed by atoms with E-state index in [0.717, 1.165) is 19.4 Å². The number of hydrogen-bond acceptors (Lipinski definition) is 2. The van der Waals surface area contributed by atoms with Crippen molar-refractivity contribution in [1.82, 2.24) is 9.78 Å². The monoisotopic (exact) mass is 207 g/mol. The molecule has 1 aromatic heterocycles. The fourth-order valence-corrected chi connectivity index (χ4v) is 2.39. The van der Waals surface area contributed by atoms with Gasteiger partial charge >= 0.3 is 0 Å². The lowest BCUT2D eigenvalue weighted by Crippen LogP contribution is -2.32. The van der Waals surface area contributed by atoms with Crippen LogP contribution in [0.25, 0.3) is 0 Å². The zero-order valence-corrected chi connectivity index (χ0v) is 9.74. The lowest BCUT2D eigenvalue weighted by Gasteiger charge is -2.21. The summed E-state index contributed by atoms with van der Waals surface area (Å²) in [6.45, 7) is 5.39. The molecule has 0 aliphatic heterocycles. The van der Waals surface area contributed by atoms with Gasteiger partial charge in [-0.1, -0.05) is 26.7 Å². The maximum atomic E-state index is 6.37. The zero-order chi connectivity index (χ0) is 10.9. The maximum absolute atomic E-state index is 6.37. The number of aromatic nitrogens is 2. The molecule has 1 saturated carbocycles. The molecular formula is C12H21N3. The first kappa shape index (κ1) is 10.7. The average molecular weight is 207 g/mol. The van der Waals surface area contributed by atoms with Gasteiger partial charge in [0.05, 0.1) is 6.20 Å². The van der Waals surface area contributed by atoms with Crippen molar-refractivity contribution in [1.29, 1.82) is 0 Å². The lowest BCUT2D eigenvalue weighted by molar-refractivity contribution is 0.455. The van der Waals surface area contributed by atoms with E-state index in [9.17, 15) is 0 Å². The number of rotatable bonds is 3. The normalized spacial score (nSPS) is 20.0. The molecule has 1 fully saturated rings. The molecule has 0 amide bonds. The van der Waals surface area contributed by atoms with E-state index in [1.807, 2.05) is 10.9 Å². The standard InChI is InChI=1S/C12H21N3/c1-10(2)8-15-9-11(7-14-15)12(13)5-3-4-6-12/h7,9-10H,3-6,8,13H2,1-2H3. The summed E-state index contributed by atoms with van der Waals surface area (Å²) in [5.74, 6) is 0.634. The topological polar surface area (TPSA) is 43.8 Å². The molecule has 0 atom stereocenters. The van der Waals surface area contributed by atoms with Gasteiger partial charge in [0, 0.05) is 23.8 Å². The van der Waals surface area contributed by atoms with Crippen LogP contribution >= 0.6 is 0 Å². The van der Waals surface area contributed by atoms with Crippen LogP contribution < -0.4 is 5.73 Å². The van der Waals surface area contributed by atoms with Crippen molar-refractivity contribution >= 4 is 0 Å². The molecule has 3 nitrogen and oxygen atoms in total. The predicted octanol–water partition coefficient (Wildman–Crippen LogP) is 2.27. The summed E-state index contributed by atoms with van der Waals surface area (Å²) in [6, 6.07) is 0. The Balaban J connectivity index is 2.12. The molecule has 2 N–H and O–H groups in total. The minimum atomic E-state index is -0.0881. The van der Waals surface area contributed by atoms with Gasteiger partial charge in [-0.2, -0.15) is 5.10 Å². The van der Waals surface area contributed by atoms with Gasteiger partial charge in [0.1, 0.15) is 0 Å². The Kier molecular flexibility index (Phi) is 2.83. The van der Waals surface area contributed by atoms with Crippen LogP contribution in [0.4, 0.5) is 0 Å². The van der Waals surface area contributed by atoms with Crippen molar-refractivity contribution in [2.75, 3.05) is 0 Å². The molecule has 2 rings (SSSR count). The minimum Gasteiger partial charge on any atom is -0.321 e. The smallest absolute Gasteiger partial charge is 0.0540 e. The van der Waals surface area contributed by atoms with Gasteiger partial charge in [-0.15, -0.1) is 0 Å². The quantitative estimate of drug-likeness (QED) is 0.826. The van der Waals surface area contributed by atoms with Crippen LogP contribution in [0, 0.1) is 5.92 Å². The van der Waals surface area contributed by atoms with Crippen molar-refractivity contribution in [2.45, 2.75) is 51.6 Å². The second kappa shape index (κ2) is 3.97. The van der Waals surface area contributed by atoms with E-state index in [4.69, 9.17) is 5.73 Å².